The van der Waals surface area contributed by atoms with Gasteiger partial charge in [0.15, 0.2) is 0 Å². The summed E-state index contributed by atoms with van der Waals surface area (Å²) in [6, 6.07) is 9.92. The second-order valence-corrected chi connectivity index (χ2v) is 4.95. The van der Waals surface area contributed by atoms with Crippen LogP contribution in [0.15, 0.2) is 30.3 Å². The second kappa shape index (κ2) is 6.96. The number of hydrogen-bond acceptors (Lipinski definition) is 3. The molecule has 1 unspecified atom stereocenters. The van der Waals surface area contributed by atoms with E-state index in [0.717, 1.165) is 5.75 Å². The number of primary amides is 1. The van der Waals surface area contributed by atoms with E-state index in [0.29, 0.717) is 0 Å². The van der Waals surface area contributed by atoms with Crippen molar-refractivity contribution in [3.63, 3.8) is 0 Å². The molecule has 1 aromatic carbocycles. The molecular weight excluding hydrogens is 236 g/mol. The second-order valence-electron chi connectivity index (χ2n) is 3.62. The van der Waals surface area contributed by atoms with E-state index >= 15 is 0 Å². The Hall–Kier alpha value is -1.49. The van der Waals surface area contributed by atoms with Gasteiger partial charge in [-0.2, -0.15) is 0 Å². The van der Waals surface area contributed by atoms with Gasteiger partial charge in [0.25, 0.3) is 0 Å². The van der Waals surface area contributed by atoms with Crippen molar-refractivity contribution in [3.8, 4) is 0 Å². The van der Waals surface area contributed by atoms with Gasteiger partial charge >= 0.3 is 0 Å². The smallest absolute Gasteiger partial charge is 0.236 e. The molecule has 1 rings (SSSR count). The van der Waals surface area contributed by atoms with Gasteiger partial charge < -0.3 is 11.1 Å². The first-order chi connectivity index (χ1) is 8.09. The maximum Gasteiger partial charge on any atom is 0.236 e. The Morgan fingerprint density at radius 2 is 2.00 bits per heavy atom. The Kier molecular flexibility index (Phi) is 5.56. The third-order valence-corrected chi connectivity index (χ3v) is 3.36. The molecule has 17 heavy (non-hydrogen) atoms. The van der Waals surface area contributed by atoms with Gasteiger partial charge in [0.05, 0.1) is 11.8 Å². The number of thioether (sulfide) groups is 1. The van der Waals surface area contributed by atoms with Gasteiger partial charge in [-0.25, -0.2) is 0 Å². The van der Waals surface area contributed by atoms with Crippen LogP contribution in [-0.4, -0.2) is 23.6 Å². The zero-order chi connectivity index (χ0) is 12.7. The molecule has 92 valence electrons. The minimum absolute atomic E-state index is 0.102. The highest BCUT2D eigenvalue weighted by molar-refractivity contribution is 7.99. The lowest BCUT2D eigenvalue weighted by Gasteiger charge is -2.10. The summed E-state index contributed by atoms with van der Waals surface area (Å²) in [5.41, 5.74) is 6.12. The lowest BCUT2D eigenvalue weighted by molar-refractivity contribution is -0.124. The van der Waals surface area contributed by atoms with Crippen molar-refractivity contribution in [2.75, 3.05) is 6.54 Å². The Labute approximate surface area is 105 Å². The van der Waals surface area contributed by atoms with Crippen LogP contribution in [0, 0.1) is 0 Å². The van der Waals surface area contributed by atoms with E-state index in [4.69, 9.17) is 5.73 Å². The Morgan fingerprint density at radius 3 is 2.59 bits per heavy atom. The van der Waals surface area contributed by atoms with Crippen LogP contribution in [0.5, 0.6) is 0 Å². The van der Waals surface area contributed by atoms with E-state index in [1.54, 1.807) is 0 Å². The van der Waals surface area contributed by atoms with E-state index < -0.39 is 5.91 Å². The highest BCUT2D eigenvalue weighted by Gasteiger charge is 2.13. The van der Waals surface area contributed by atoms with Crippen molar-refractivity contribution < 1.29 is 9.59 Å². The van der Waals surface area contributed by atoms with Crippen LogP contribution in [-0.2, 0) is 15.3 Å². The van der Waals surface area contributed by atoms with Gasteiger partial charge in [-0.3, -0.25) is 9.59 Å². The van der Waals surface area contributed by atoms with Gasteiger partial charge in [0.1, 0.15) is 0 Å². The number of amides is 2. The Bertz CT molecular complexity index is 381. The lowest BCUT2D eigenvalue weighted by Crippen LogP contribution is -2.37. The van der Waals surface area contributed by atoms with Crippen molar-refractivity contribution in [3.05, 3.63) is 35.9 Å². The predicted molar refractivity (Wildman–Crippen MR) is 69.4 cm³/mol. The average Bonchev–Trinajstić information content (AvgIpc) is 2.34. The predicted octanol–water partition coefficient (Wildman–Crippen LogP) is 0.910. The molecule has 0 saturated carbocycles. The molecule has 0 aliphatic rings. The van der Waals surface area contributed by atoms with Crippen LogP contribution < -0.4 is 11.1 Å². The third-order valence-electron chi connectivity index (χ3n) is 2.15. The standard InChI is InChI=1S/C12H16N2O2S/c1-9(12(16)14-7-11(13)15)17-8-10-5-3-2-4-6-10/h2-6,9H,7-8H2,1H3,(H2,13,15)(H,14,16). The summed E-state index contributed by atoms with van der Waals surface area (Å²) in [6.45, 7) is 1.71. The first-order valence-electron chi connectivity index (χ1n) is 5.31. The van der Waals surface area contributed by atoms with Crippen molar-refractivity contribution >= 4 is 23.6 Å². The molecule has 1 aromatic rings. The maximum absolute atomic E-state index is 11.5. The molecular formula is C12H16N2O2S. The fraction of sp³-hybridized carbons (Fsp3) is 0.333. The van der Waals surface area contributed by atoms with Crippen molar-refractivity contribution in [2.24, 2.45) is 5.73 Å². The van der Waals surface area contributed by atoms with E-state index in [1.165, 1.54) is 17.3 Å². The van der Waals surface area contributed by atoms with E-state index in [9.17, 15) is 9.59 Å². The summed E-state index contributed by atoms with van der Waals surface area (Å²) >= 11 is 1.53. The van der Waals surface area contributed by atoms with Crippen LogP contribution in [0.2, 0.25) is 0 Å². The Morgan fingerprint density at radius 1 is 1.35 bits per heavy atom. The van der Waals surface area contributed by atoms with Gasteiger partial charge in [0.2, 0.25) is 11.8 Å². The first kappa shape index (κ1) is 13.6. The summed E-state index contributed by atoms with van der Waals surface area (Å²) in [5.74, 6) is 0.0785. The summed E-state index contributed by atoms with van der Waals surface area (Å²) in [5, 5.41) is 2.28. The fourth-order valence-electron chi connectivity index (χ4n) is 1.19. The largest absolute Gasteiger partial charge is 0.368 e. The van der Waals surface area contributed by atoms with Gasteiger partial charge in [-0.05, 0) is 12.5 Å². The number of nitrogens with one attached hydrogen (secondary N) is 1. The molecule has 0 aliphatic carbocycles. The van der Waals surface area contributed by atoms with E-state index in [2.05, 4.69) is 5.32 Å². The van der Waals surface area contributed by atoms with Crippen molar-refractivity contribution in [1.29, 1.82) is 0 Å². The van der Waals surface area contributed by atoms with E-state index in [-0.39, 0.29) is 17.7 Å². The normalized spacial score (nSPS) is 11.8. The van der Waals surface area contributed by atoms with E-state index in [1.807, 2.05) is 37.3 Å². The van der Waals surface area contributed by atoms with Gasteiger partial charge in [-0.1, -0.05) is 30.3 Å². The molecule has 5 heteroatoms. The monoisotopic (exact) mass is 252 g/mol. The van der Waals surface area contributed by atoms with Crippen molar-refractivity contribution in [1.82, 2.24) is 5.32 Å². The summed E-state index contributed by atoms with van der Waals surface area (Å²) in [7, 11) is 0. The zero-order valence-corrected chi connectivity index (χ0v) is 10.5. The summed E-state index contributed by atoms with van der Waals surface area (Å²) < 4.78 is 0. The number of nitrogens with two attached hydrogens (primary N) is 1. The molecule has 2 amide bonds. The van der Waals surface area contributed by atoms with Crippen LogP contribution >= 0.6 is 11.8 Å². The molecule has 0 saturated heterocycles. The number of carbonyl (C=O) groups is 2. The molecule has 0 aromatic heterocycles. The maximum atomic E-state index is 11.5. The minimum atomic E-state index is -0.529. The van der Waals surface area contributed by atoms with Gasteiger partial charge in [0, 0.05) is 5.75 Å². The number of hydrogen-bond donors (Lipinski definition) is 2. The van der Waals surface area contributed by atoms with Crippen LogP contribution in [0.4, 0.5) is 0 Å². The third kappa shape index (κ3) is 5.40. The quantitative estimate of drug-likeness (QED) is 0.790. The highest BCUT2D eigenvalue weighted by atomic mass is 32.2. The molecule has 0 aliphatic heterocycles. The highest BCUT2D eigenvalue weighted by Crippen LogP contribution is 2.17. The fourth-order valence-corrected chi connectivity index (χ4v) is 2.06. The minimum Gasteiger partial charge on any atom is -0.368 e. The average molecular weight is 252 g/mol. The number of carbonyl (C=O) groups excluding carboxylic acids is 2. The molecule has 1 atom stereocenters. The molecule has 0 fully saturated rings. The molecule has 0 radical (unpaired) electrons. The molecule has 0 spiro atoms. The lowest BCUT2D eigenvalue weighted by atomic mass is 10.2. The zero-order valence-electron chi connectivity index (χ0n) is 9.68. The van der Waals surface area contributed by atoms with Crippen LogP contribution in [0.25, 0.3) is 0 Å². The number of rotatable bonds is 6. The van der Waals surface area contributed by atoms with Crippen LogP contribution in [0.3, 0.4) is 0 Å². The van der Waals surface area contributed by atoms with Crippen molar-refractivity contribution in [2.45, 2.75) is 17.9 Å². The first-order valence-corrected chi connectivity index (χ1v) is 6.36. The summed E-state index contributed by atoms with van der Waals surface area (Å²) in [4.78, 5) is 22.0. The van der Waals surface area contributed by atoms with Gasteiger partial charge in [-0.15, -0.1) is 11.8 Å². The molecule has 0 heterocycles. The molecule has 3 N–H and O–H groups in total. The van der Waals surface area contributed by atoms with Crippen LogP contribution in [0.1, 0.15) is 12.5 Å². The number of benzene rings is 1. The molecule has 4 nitrogen and oxygen atoms in total. The summed E-state index contributed by atoms with van der Waals surface area (Å²) in [6.07, 6.45) is 0. The molecule has 0 bridgehead atoms. The topological polar surface area (TPSA) is 72.2 Å². The SMILES string of the molecule is CC(SCc1ccccc1)C(=O)NCC(N)=O. The Balaban J connectivity index is 2.31.